The van der Waals surface area contributed by atoms with E-state index >= 15 is 0 Å². The molecule has 2 atom stereocenters. The highest BCUT2D eigenvalue weighted by molar-refractivity contribution is 5.97. The average Bonchev–Trinajstić information content (AvgIpc) is 3.55. The van der Waals surface area contributed by atoms with Crippen molar-refractivity contribution in [3.8, 4) is 0 Å². The van der Waals surface area contributed by atoms with Gasteiger partial charge in [-0.1, -0.05) is 43.3 Å². The zero-order valence-corrected chi connectivity index (χ0v) is 19.3. The number of ether oxygens (including phenoxy) is 1. The second-order valence-electron chi connectivity index (χ2n) is 9.64. The highest BCUT2D eigenvalue weighted by Crippen LogP contribution is 2.46. The minimum absolute atomic E-state index is 0.250. The summed E-state index contributed by atoms with van der Waals surface area (Å²) in [5, 5.41) is 19.9. The van der Waals surface area contributed by atoms with Crippen LogP contribution in [0.3, 0.4) is 0 Å². The van der Waals surface area contributed by atoms with Gasteiger partial charge in [0, 0.05) is 41.4 Å². The van der Waals surface area contributed by atoms with Crippen LogP contribution in [0.5, 0.6) is 0 Å². The first-order chi connectivity index (χ1) is 15.5. The van der Waals surface area contributed by atoms with Gasteiger partial charge in [-0.15, -0.1) is 0 Å². The lowest BCUT2D eigenvalue weighted by Gasteiger charge is -2.38. The van der Waals surface area contributed by atoms with Gasteiger partial charge < -0.3 is 25.0 Å². The van der Waals surface area contributed by atoms with Crippen LogP contribution < -0.4 is 15.5 Å². The third-order valence-corrected chi connectivity index (χ3v) is 6.82. The first-order valence-electron chi connectivity index (χ1n) is 11.6. The standard InChI is InChI=1S/C26H34N4O2/c1-4-18-7-5-8-19-9-6-10-22(23(18)19)30-14-11-20-21(15-30)27-25(28-24(20)31)32-17-26(12-13-26)16-29(2)3/h5-11,15,24-25,27-28,31H,4,12-14,16-17H2,1-3H3. The second-order valence-corrected chi connectivity index (χ2v) is 9.64. The van der Waals surface area contributed by atoms with Gasteiger partial charge in [-0.25, -0.2) is 5.32 Å². The summed E-state index contributed by atoms with van der Waals surface area (Å²) in [5.41, 5.74) is 4.59. The van der Waals surface area contributed by atoms with Gasteiger partial charge >= 0.3 is 0 Å². The highest BCUT2D eigenvalue weighted by Gasteiger charge is 2.44. The summed E-state index contributed by atoms with van der Waals surface area (Å²) in [6.45, 7) is 4.63. The molecule has 0 radical (unpaired) electrons. The quantitative estimate of drug-likeness (QED) is 0.623. The van der Waals surface area contributed by atoms with E-state index in [1.54, 1.807) is 0 Å². The van der Waals surface area contributed by atoms with Crippen LogP contribution in [-0.2, 0) is 11.2 Å². The van der Waals surface area contributed by atoms with E-state index in [0.29, 0.717) is 13.2 Å². The Hall–Kier alpha value is -2.38. The number of aliphatic hydroxyl groups is 1. The molecule has 1 saturated heterocycles. The molecule has 0 bridgehead atoms. The molecule has 3 aliphatic rings. The Morgan fingerprint density at radius 2 is 1.97 bits per heavy atom. The average molecular weight is 435 g/mol. The van der Waals surface area contributed by atoms with E-state index in [1.165, 1.54) is 34.9 Å². The molecule has 3 N–H and O–H groups in total. The fourth-order valence-corrected chi connectivity index (χ4v) is 5.03. The molecule has 6 heteroatoms. The molecule has 1 aliphatic carbocycles. The van der Waals surface area contributed by atoms with Crippen LogP contribution in [0.2, 0.25) is 0 Å². The largest absolute Gasteiger partial charge is 0.374 e. The predicted octanol–water partition coefficient (Wildman–Crippen LogP) is 3.14. The molecule has 32 heavy (non-hydrogen) atoms. The number of benzene rings is 2. The summed E-state index contributed by atoms with van der Waals surface area (Å²) in [6.07, 6.45) is 6.45. The van der Waals surface area contributed by atoms with Crippen molar-refractivity contribution < 1.29 is 9.84 Å². The third kappa shape index (κ3) is 4.16. The zero-order valence-electron chi connectivity index (χ0n) is 19.3. The van der Waals surface area contributed by atoms with Gasteiger partial charge in [-0.05, 0) is 50.4 Å². The van der Waals surface area contributed by atoms with E-state index in [2.05, 4.69) is 90.1 Å². The maximum absolute atomic E-state index is 10.7. The number of hydrogen-bond donors (Lipinski definition) is 3. The fraction of sp³-hybridized carbons (Fsp3) is 0.462. The van der Waals surface area contributed by atoms with Crippen molar-refractivity contribution in [3.63, 3.8) is 0 Å². The summed E-state index contributed by atoms with van der Waals surface area (Å²) >= 11 is 0. The smallest absolute Gasteiger partial charge is 0.186 e. The van der Waals surface area contributed by atoms with Crippen LogP contribution in [0, 0.1) is 5.41 Å². The number of anilines is 1. The molecule has 2 aromatic rings. The van der Waals surface area contributed by atoms with E-state index in [-0.39, 0.29) is 5.41 Å². The molecule has 2 aliphatic heterocycles. The first-order valence-corrected chi connectivity index (χ1v) is 11.6. The molecular formula is C26H34N4O2. The number of fused-ring (bicyclic) bond motifs is 2. The molecule has 2 aromatic carbocycles. The van der Waals surface area contributed by atoms with Gasteiger partial charge in [0.2, 0.25) is 0 Å². The van der Waals surface area contributed by atoms with Crippen molar-refractivity contribution >= 4 is 16.5 Å². The summed E-state index contributed by atoms with van der Waals surface area (Å²) in [5.74, 6) is 0. The van der Waals surface area contributed by atoms with Gasteiger partial charge in [-0.2, -0.15) is 0 Å². The number of nitrogens with one attached hydrogen (secondary N) is 2. The maximum Gasteiger partial charge on any atom is 0.186 e. The van der Waals surface area contributed by atoms with Crippen LogP contribution >= 0.6 is 0 Å². The van der Waals surface area contributed by atoms with E-state index in [4.69, 9.17) is 4.74 Å². The van der Waals surface area contributed by atoms with Gasteiger partial charge in [-0.3, -0.25) is 0 Å². The number of aryl methyl sites for hydroxylation is 1. The number of aliphatic hydroxyl groups excluding tert-OH is 1. The van der Waals surface area contributed by atoms with Crippen LogP contribution in [-0.4, -0.2) is 56.4 Å². The van der Waals surface area contributed by atoms with Crippen molar-refractivity contribution in [3.05, 3.63) is 65.5 Å². The lowest BCUT2D eigenvalue weighted by atomic mass is 9.99. The van der Waals surface area contributed by atoms with Crippen LogP contribution in [0.25, 0.3) is 10.8 Å². The summed E-state index contributed by atoms with van der Waals surface area (Å²) in [7, 11) is 4.22. The van der Waals surface area contributed by atoms with Crippen molar-refractivity contribution in [2.45, 2.75) is 38.8 Å². The molecule has 170 valence electrons. The van der Waals surface area contributed by atoms with Crippen molar-refractivity contribution in [2.24, 2.45) is 5.41 Å². The Morgan fingerprint density at radius 3 is 2.69 bits per heavy atom. The Bertz CT molecular complexity index is 1050. The number of hydrogen-bond acceptors (Lipinski definition) is 6. The SMILES string of the molecule is CCc1cccc2cccc(N3C=C4NC(OCC5(CN(C)C)CC5)NC(O)C4=CC3)c12. The Labute approximate surface area is 190 Å². The monoisotopic (exact) mass is 434 g/mol. The van der Waals surface area contributed by atoms with Gasteiger partial charge in [0.15, 0.2) is 6.35 Å². The van der Waals surface area contributed by atoms with Crippen molar-refractivity contribution in [1.29, 1.82) is 0 Å². The normalized spacial score (nSPS) is 24.1. The third-order valence-electron chi connectivity index (χ3n) is 6.82. The summed E-state index contributed by atoms with van der Waals surface area (Å²) in [4.78, 5) is 4.49. The molecule has 5 rings (SSSR count). The van der Waals surface area contributed by atoms with Crippen molar-refractivity contribution in [1.82, 2.24) is 15.5 Å². The van der Waals surface area contributed by atoms with Gasteiger partial charge in [0.25, 0.3) is 0 Å². The predicted molar refractivity (Wildman–Crippen MR) is 129 cm³/mol. The molecule has 0 spiro atoms. The van der Waals surface area contributed by atoms with Crippen LogP contribution in [0.4, 0.5) is 5.69 Å². The summed E-state index contributed by atoms with van der Waals surface area (Å²) < 4.78 is 6.18. The Morgan fingerprint density at radius 1 is 1.19 bits per heavy atom. The molecule has 2 heterocycles. The number of rotatable bonds is 7. The lowest BCUT2D eigenvalue weighted by Crippen LogP contribution is -2.56. The molecule has 1 saturated carbocycles. The maximum atomic E-state index is 10.7. The molecule has 0 amide bonds. The summed E-state index contributed by atoms with van der Waals surface area (Å²) in [6, 6.07) is 13.0. The molecule has 0 aromatic heterocycles. The van der Waals surface area contributed by atoms with Crippen LogP contribution in [0.1, 0.15) is 25.3 Å². The van der Waals surface area contributed by atoms with E-state index in [1.807, 2.05) is 0 Å². The molecule has 6 nitrogen and oxygen atoms in total. The Balaban J connectivity index is 1.37. The molecule has 2 fully saturated rings. The Kier molecular flexibility index (Phi) is 5.72. The van der Waals surface area contributed by atoms with Crippen molar-refractivity contribution in [2.75, 3.05) is 38.7 Å². The van der Waals surface area contributed by atoms with E-state index in [0.717, 1.165) is 24.2 Å². The highest BCUT2D eigenvalue weighted by atomic mass is 16.5. The van der Waals surface area contributed by atoms with E-state index in [9.17, 15) is 5.11 Å². The minimum Gasteiger partial charge on any atom is -0.374 e. The van der Waals surface area contributed by atoms with Crippen LogP contribution in [0.15, 0.2) is 59.9 Å². The van der Waals surface area contributed by atoms with Gasteiger partial charge in [0.05, 0.1) is 12.3 Å². The number of nitrogens with zero attached hydrogens (tertiary/aromatic N) is 2. The fourth-order valence-electron chi connectivity index (χ4n) is 5.03. The zero-order chi connectivity index (χ0) is 22.3. The minimum atomic E-state index is -0.739. The van der Waals surface area contributed by atoms with Gasteiger partial charge in [0.1, 0.15) is 6.23 Å². The topological polar surface area (TPSA) is 60.0 Å². The lowest BCUT2D eigenvalue weighted by molar-refractivity contribution is -0.0501. The van der Waals surface area contributed by atoms with E-state index < -0.39 is 12.6 Å². The first kappa shape index (κ1) is 21.5. The molecular weight excluding hydrogens is 400 g/mol. The second kappa shape index (κ2) is 8.52. The molecule has 2 unspecified atom stereocenters.